The summed E-state index contributed by atoms with van der Waals surface area (Å²) in [7, 11) is 3.21. The van der Waals surface area contributed by atoms with E-state index in [4.69, 9.17) is 14.2 Å². The van der Waals surface area contributed by atoms with Gasteiger partial charge in [0, 0.05) is 13.0 Å². The van der Waals surface area contributed by atoms with E-state index in [-0.39, 0.29) is 0 Å². The van der Waals surface area contributed by atoms with Crippen LogP contribution in [0, 0.1) is 12.1 Å². The van der Waals surface area contributed by atoms with Crippen molar-refractivity contribution >= 4 is 0 Å². The lowest BCUT2D eigenvalue weighted by Gasteiger charge is -2.15. The van der Waals surface area contributed by atoms with Gasteiger partial charge in [0.25, 0.3) is 5.69 Å². The summed E-state index contributed by atoms with van der Waals surface area (Å²) >= 11 is 0. The number of benzene rings is 2. The molecule has 26 heavy (non-hydrogen) atoms. The largest absolute Gasteiger partial charge is 0.618 e. The molecule has 0 radical (unpaired) electrons. The second-order valence-corrected chi connectivity index (χ2v) is 5.82. The molecule has 0 bridgehead atoms. The Hall–Kier alpha value is -3.21. The van der Waals surface area contributed by atoms with Crippen molar-refractivity contribution in [2.45, 2.75) is 13.5 Å². The highest BCUT2D eigenvalue weighted by molar-refractivity contribution is 5.70. The van der Waals surface area contributed by atoms with Crippen LogP contribution < -0.4 is 18.9 Å². The van der Waals surface area contributed by atoms with E-state index < -0.39 is 0 Å². The smallest absolute Gasteiger partial charge is 0.270 e. The van der Waals surface area contributed by atoms with Crippen molar-refractivity contribution < 1.29 is 18.9 Å². The number of nitrogens with zero attached hydrogens (tertiary/aromatic N) is 1. The molecule has 0 aliphatic heterocycles. The molecule has 134 valence electrons. The maximum absolute atomic E-state index is 12.7. The first-order valence-corrected chi connectivity index (χ1v) is 8.26. The second-order valence-electron chi connectivity index (χ2n) is 5.82. The van der Waals surface area contributed by atoms with E-state index >= 15 is 0 Å². The minimum Gasteiger partial charge on any atom is -0.618 e. The molecule has 0 atom stereocenters. The molecule has 3 rings (SSSR count). The molecule has 0 N–H and O–H groups in total. The third kappa shape index (κ3) is 3.57. The Morgan fingerprint density at radius 1 is 0.846 bits per heavy atom. The van der Waals surface area contributed by atoms with Crippen LogP contribution in [0.3, 0.4) is 0 Å². The minimum atomic E-state index is 0.342. The van der Waals surface area contributed by atoms with E-state index in [0.29, 0.717) is 35.1 Å². The third-order valence-corrected chi connectivity index (χ3v) is 4.15. The third-order valence-electron chi connectivity index (χ3n) is 4.15. The standard InChI is InChI=1S/C21H21NO4/c1-15-8-13-20(26-14-16-9-11-17(24-2)12-10-16)21(22(15)23)18-6-4-5-7-19(18)25-3/h4-13H,14H2,1-3H3. The maximum Gasteiger partial charge on any atom is 0.270 e. The van der Waals surface area contributed by atoms with Gasteiger partial charge in [-0.25, -0.2) is 0 Å². The summed E-state index contributed by atoms with van der Waals surface area (Å²) in [5.41, 5.74) is 2.70. The van der Waals surface area contributed by atoms with Crippen LogP contribution in [0.2, 0.25) is 0 Å². The van der Waals surface area contributed by atoms with Crippen LogP contribution >= 0.6 is 0 Å². The van der Waals surface area contributed by atoms with Gasteiger partial charge in [0.1, 0.15) is 18.1 Å². The summed E-state index contributed by atoms with van der Waals surface area (Å²) < 4.78 is 17.4. The van der Waals surface area contributed by atoms with E-state index in [1.54, 1.807) is 27.2 Å². The molecule has 5 nitrogen and oxygen atoms in total. The quantitative estimate of drug-likeness (QED) is 0.499. The Bertz CT molecular complexity index is 891. The van der Waals surface area contributed by atoms with E-state index in [1.807, 2.05) is 54.6 Å². The summed E-state index contributed by atoms with van der Waals surface area (Å²) in [6.45, 7) is 2.11. The molecule has 2 aromatic carbocycles. The van der Waals surface area contributed by atoms with Crippen LogP contribution in [-0.2, 0) is 6.61 Å². The molecule has 0 aliphatic carbocycles. The van der Waals surface area contributed by atoms with E-state index in [0.717, 1.165) is 16.0 Å². The zero-order valence-corrected chi connectivity index (χ0v) is 15.1. The molecule has 0 fully saturated rings. The summed E-state index contributed by atoms with van der Waals surface area (Å²) in [5, 5.41) is 12.7. The van der Waals surface area contributed by atoms with Gasteiger partial charge in [0.2, 0.25) is 0 Å². The van der Waals surface area contributed by atoms with Crippen molar-refractivity contribution in [2.75, 3.05) is 14.2 Å². The number of rotatable bonds is 6. The topological polar surface area (TPSA) is 54.6 Å². The number of hydrogen-bond acceptors (Lipinski definition) is 4. The molecule has 0 aliphatic rings. The number of para-hydroxylation sites is 1. The molecular weight excluding hydrogens is 330 g/mol. The van der Waals surface area contributed by atoms with Gasteiger partial charge in [-0.3, -0.25) is 0 Å². The summed E-state index contributed by atoms with van der Waals surface area (Å²) in [6.07, 6.45) is 0. The monoisotopic (exact) mass is 351 g/mol. The Morgan fingerprint density at radius 2 is 1.58 bits per heavy atom. The van der Waals surface area contributed by atoms with Gasteiger partial charge < -0.3 is 19.4 Å². The maximum atomic E-state index is 12.7. The van der Waals surface area contributed by atoms with E-state index in [9.17, 15) is 5.21 Å². The number of hydrogen-bond donors (Lipinski definition) is 0. The first-order valence-electron chi connectivity index (χ1n) is 8.26. The van der Waals surface area contributed by atoms with Crippen molar-refractivity contribution in [1.29, 1.82) is 0 Å². The molecule has 0 saturated carbocycles. The number of aryl methyl sites for hydroxylation is 1. The average molecular weight is 351 g/mol. The highest BCUT2D eigenvalue weighted by Gasteiger charge is 2.22. The van der Waals surface area contributed by atoms with Crippen LogP contribution in [0.15, 0.2) is 60.7 Å². The first kappa shape index (κ1) is 17.6. The van der Waals surface area contributed by atoms with Crippen molar-refractivity contribution in [3.8, 4) is 28.5 Å². The fourth-order valence-corrected chi connectivity index (χ4v) is 2.70. The molecular formula is C21H21NO4. The Kier molecular flexibility index (Phi) is 5.27. The highest BCUT2D eigenvalue weighted by Crippen LogP contribution is 2.34. The van der Waals surface area contributed by atoms with Gasteiger partial charge in [0.05, 0.1) is 19.8 Å². The predicted molar refractivity (Wildman–Crippen MR) is 99.5 cm³/mol. The lowest BCUT2D eigenvalue weighted by Crippen LogP contribution is -2.33. The molecule has 0 unspecified atom stereocenters. The van der Waals surface area contributed by atoms with E-state index in [1.165, 1.54) is 0 Å². The number of pyridine rings is 1. The molecule has 5 heteroatoms. The second kappa shape index (κ2) is 7.78. The lowest BCUT2D eigenvalue weighted by molar-refractivity contribution is -0.601. The molecule has 0 saturated heterocycles. The van der Waals surface area contributed by atoms with Crippen molar-refractivity contribution in [3.05, 3.63) is 77.1 Å². The molecule has 0 amide bonds. The normalized spacial score (nSPS) is 10.4. The van der Waals surface area contributed by atoms with Crippen LogP contribution in [0.1, 0.15) is 11.3 Å². The van der Waals surface area contributed by atoms with E-state index in [2.05, 4.69) is 0 Å². The molecule has 1 heterocycles. The highest BCUT2D eigenvalue weighted by atomic mass is 16.5. The van der Waals surface area contributed by atoms with Crippen molar-refractivity contribution in [1.82, 2.24) is 0 Å². The average Bonchev–Trinajstić information content (AvgIpc) is 2.69. The first-order chi connectivity index (χ1) is 12.6. The zero-order valence-electron chi connectivity index (χ0n) is 15.1. The van der Waals surface area contributed by atoms with Crippen LogP contribution in [0.5, 0.6) is 17.2 Å². The van der Waals surface area contributed by atoms with Gasteiger partial charge in [-0.1, -0.05) is 24.3 Å². The van der Waals surface area contributed by atoms with Gasteiger partial charge in [0.15, 0.2) is 11.4 Å². The summed E-state index contributed by atoms with van der Waals surface area (Å²) in [6, 6.07) is 18.6. The van der Waals surface area contributed by atoms with Crippen LogP contribution in [0.4, 0.5) is 0 Å². The SMILES string of the molecule is COc1ccc(COc2ccc(C)[n+]([O-])c2-c2ccccc2OC)cc1. The van der Waals surface area contributed by atoms with Crippen LogP contribution in [-0.4, -0.2) is 14.2 Å². The minimum absolute atomic E-state index is 0.342. The number of methoxy groups -OCH3 is 2. The molecule has 0 spiro atoms. The van der Waals surface area contributed by atoms with Gasteiger partial charge in [-0.05, 0) is 35.9 Å². The van der Waals surface area contributed by atoms with Gasteiger partial charge >= 0.3 is 0 Å². The predicted octanol–water partition coefficient (Wildman–Crippen LogP) is 3.89. The Labute approximate surface area is 153 Å². The number of aromatic nitrogens is 1. The zero-order chi connectivity index (χ0) is 18.5. The van der Waals surface area contributed by atoms with Gasteiger partial charge in [-0.15, -0.1) is 0 Å². The Balaban J connectivity index is 1.95. The fourth-order valence-electron chi connectivity index (χ4n) is 2.70. The van der Waals surface area contributed by atoms with Crippen molar-refractivity contribution in [2.24, 2.45) is 0 Å². The lowest BCUT2D eigenvalue weighted by atomic mass is 10.1. The van der Waals surface area contributed by atoms with Gasteiger partial charge in [-0.2, -0.15) is 4.73 Å². The molecule has 3 aromatic rings. The fraction of sp³-hybridized carbons (Fsp3) is 0.190. The Morgan fingerprint density at radius 3 is 2.27 bits per heavy atom. The number of ether oxygens (including phenoxy) is 3. The van der Waals surface area contributed by atoms with Crippen LogP contribution in [0.25, 0.3) is 11.3 Å². The van der Waals surface area contributed by atoms with Crippen molar-refractivity contribution in [3.63, 3.8) is 0 Å². The molecule has 1 aromatic heterocycles. The summed E-state index contributed by atoms with van der Waals surface area (Å²) in [5.74, 6) is 1.92. The summed E-state index contributed by atoms with van der Waals surface area (Å²) in [4.78, 5) is 0.